The molecule has 114 valence electrons. The van der Waals surface area contributed by atoms with E-state index in [1.165, 1.54) is 12.8 Å². The van der Waals surface area contributed by atoms with Crippen molar-refractivity contribution in [3.63, 3.8) is 0 Å². The van der Waals surface area contributed by atoms with E-state index in [0.29, 0.717) is 18.5 Å². The zero-order chi connectivity index (χ0) is 14.5. The van der Waals surface area contributed by atoms with E-state index in [-0.39, 0.29) is 12.1 Å². The molecule has 1 saturated carbocycles. The van der Waals surface area contributed by atoms with Crippen molar-refractivity contribution in [2.24, 2.45) is 0 Å². The van der Waals surface area contributed by atoms with Gasteiger partial charge in [0.1, 0.15) is 6.10 Å². The van der Waals surface area contributed by atoms with Crippen molar-refractivity contribution in [2.75, 3.05) is 13.1 Å². The first-order valence-electron chi connectivity index (χ1n) is 7.81. The van der Waals surface area contributed by atoms with Crippen molar-refractivity contribution < 1.29 is 9.53 Å². The molecule has 0 radical (unpaired) electrons. The van der Waals surface area contributed by atoms with Crippen LogP contribution in [0.25, 0.3) is 0 Å². The number of rotatable bonds is 3. The number of hydrogen-bond acceptors (Lipinski definition) is 4. The second-order valence-electron chi connectivity index (χ2n) is 5.82. The molecule has 2 fully saturated rings. The smallest absolute Gasteiger partial charge is 0.317 e. The van der Waals surface area contributed by atoms with Crippen LogP contribution in [0, 0.1) is 0 Å². The van der Waals surface area contributed by atoms with Crippen LogP contribution in [0.4, 0.5) is 4.79 Å². The predicted octanol–water partition coefficient (Wildman–Crippen LogP) is 1.97. The molecule has 2 aliphatic rings. The van der Waals surface area contributed by atoms with Crippen LogP contribution in [0.3, 0.4) is 0 Å². The Bertz CT molecular complexity index is 462. The van der Waals surface area contributed by atoms with Crippen molar-refractivity contribution in [2.45, 2.75) is 50.7 Å². The summed E-state index contributed by atoms with van der Waals surface area (Å²) in [6, 6.07) is 4.01. The number of ether oxygens (including phenoxy) is 1. The standard InChI is InChI=1S/C15H22N4O2/c20-15(17-12-5-1-2-6-12)19-10-4-7-13(11-19)21-14-8-3-9-16-18-14/h3,8-9,12-13H,1-2,4-7,10-11H2,(H,17,20). The Morgan fingerprint density at radius 1 is 1.29 bits per heavy atom. The molecule has 3 rings (SSSR count). The molecule has 6 nitrogen and oxygen atoms in total. The van der Waals surface area contributed by atoms with Gasteiger partial charge in [-0.15, -0.1) is 5.10 Å². The number of hydrogen-bond donors (Lipinski definition) is 1. The third kappa shape index (κ3) is 3.83. The maximum Gasteiger partial charge on any atom is 0.317 e. The summed E-state index contributed by atoms with van der Waals surface area (Å²) in [5.41, 5.74) is 0. The lowest BCUT2D eigenvalue weighted by molar-refractivity contribution is 0.0959. The van der Waals surface area contributed by atoms with Gasteiger partial charge in [-0.05, 0) is 31.7 Å². The van der Waals surface area contributed by atoms with Crippen LogP contribution in [0.15, 0.2) is 18.3 Å². The second kappa shape index (κ2) is 6.74. The molecule has 2 amide bonds. The maximum absolute atomic E-state index is 12.3. The Hall–Kier alpha value is -1.85. The van der Waals surface area contributed by atoms with Crippen LogP contribution in [-0.4, -0.2) is 46.4 Å². The zero-order valence-electron chi connectivity index (χ0n) is 12.2. The van der Waals surface area contributed by atoms with Crippen molar-refractivity contribution in [1.82, 2.24) is 20.4 Å². The summed E-state index contributed by atoms with van der Waals surface area (Å²) in [6.07, 6.45) is 8.21. The van der Waals surface area contributed by atoms with Gasteiger partial charge in [-0.3, -0.25) is 0 Å². The van der Waals surface area contributed by atoms with Crippen LogP contribution in [0.5, 0.6) is 5.88 Å². The fourth-order valence-electron chi connectivity index (χ4n) is 3.08. The molecule has 1 aliphatic heterocycles. The predicted molar refractivity (Wildman–Crippen MR) is 78.0 cm³/mol. The number of likely N-dealkylation sites (tertiary alicyclic amines) is 1. The molecule has 1 N–H and O–H groups in total. The topological polar surface area (TPSA) is 67.4 Å². The van der Waals surface area contributed by atoms with Gasteiger partial charge in [0.2, 0.25) is 5.88 Å². The molecule has 6 heteroatoms. The lowest BCUT2D eigenvalue weighted by Gasteiger charge is -2.33. The van der Waals surface area contributed by atoms with Gasteiger partial charge in [-0.25, -0.2) is 4.79 Å². The van der Waals surface area contributed by atoms with Crippen LogP contribution in [-0.2, 0) is 0 Å². The van der Waals surface area contributed by atoms with E-state index in [1.807, 2.05) is 4.90 Å². The van der Waals surface area contributed by atoms with Crippen LogP contribution in [0.1, 0.15) is 38.5 Å². The van der Waals surface area contributed by atoms with E-state index in [4.69, 9.17) is 4.74 Å². The Morgan fingerprint density at radius 3 is 2.90 bits per heavy atom. The number of amides is 2. The van der Waals surface area contributed by atoms with E-state index in [9.17, 15) is 4.79 Å². The lowest BCUT2D eigenvalue weighted by atomic mass is 10.1. The maximum atomic E-state index is 12.3. The Balaban J connectivity index is 1.51. The second-order valence-corrected chi connectivity index (χ2v) is 5.82. The Morgan fingerprint density at radius 2 is 2.14 bits per heavy atom. The minimum Gasteiger partial charge on any atom is -0.471 e. The molecule has 1 aliphatic carbocycles. The van der Waals surface area contributed by atoms with Gasteiger partial charge in [0.15, 0.2) is 0 Å². The highest BCUT2D eigenvalue weighted by molar-refractivity contribution is 5.74. The van der Waals surface area contributed by atoms with E-state index in [0.717, 1.165) is 32.2 Å². The largest absolute Gasteiger partial charge is 0.471 e. The zero-order valence-corrected chi connectivity index (χ0v) is 12.2. The van der Waals surface area contributed by atoms with Gasteiger partial charge in [0, 0.05) is 24.8 Å². The Labute approximate surface area is 124 Å². The number of urea groups is 1. The van der Waals surface area contributed by atoms with Gasteiger partial charge >= 0.3 is 6.03 Å². The number of nitrogens with zero attached hydrogens (tertiary/aromatic N) is 3. The minimum atomic E-state index is 0.00442. The minimum absolute atomic E-state index is 0.00442. The first-order valence-corrected chi connectivity index (χ1v) is 7.81. The summed E-state index contributed by atoms with van der Waals surface area (Å²) in [5.74, 6) is 0.528. The number of carbonyl (C=O) groups excluding carboxylic acids is 1. The molecule has 0 spiro atoms. The third-order valence-electron chi connectivity index (χ3n) is 4.18. The molecular weight excluding hydrogens is 268 g/mol. The molecule has 1 saturated heterocycles. The fraction of sp³-hybridized carbons (Fsp3) is 0.667. The molecule has 2 heterocycles. The molecule has 0 aromatic carbocycles. The van der Waals surface area contributed by atoms with Crippen LogP contribution >= 0.6 is 0 Å². The first-order chi connectivity index (χ1) is 10.3. The molecule has 1 aromatic rings. The highest BCUT2D eigenvalue weighted by Gasteiger charge is 2.27. The average Bonchev–Trinajstić information content (AvgIpc) is 3.01. The summed E-state index contributed by atoms with van der Waals surface area (Å²) >= 11 is 0. The normalized spacial score (nSPS) is 23.0. The summed E-state index contributed by atoms with van der Waals surface area (Å²) < 4.78 is 5.81. The number of aromatic nitrogens is 2. The van der Waals surface area contributed by atoms with Crippen molar-refractivity contribution in [3.05, 3.63) is 18.3 Å². The van der Waals surface area contributed by atoms with Crippen LogP contribution in [0.2, 0.25) is 0 Å². The summed E-state index contributed by atoms with van der Waals surface area (Å²) in [5, 5.41) is 10.9. The quantitative estimate of drug-likeness (QED) is 0.924. The van der Waals surface area contributed by atoms with E-state index >= 15 is 0 Å². The van der Waals surface area contributed by atoms with Gasteiger partial charge < -0.3 is 15.0 Å². The fourth-order valence-corrected chi connectivity index (χ4v) is 3.08. The van der Waals surface area contributed by atoms with E-state index in [2.05, 4.69) is 15.5 Å². The highest BCUT2D eigenvalue weighted by Crippen LogP contribution is 2.19. The number of piperidine rings is 1. The summed E-state index contributed by atoms with van der Waals surface area (Å²) in [4.78, 5) is 14.1. The molecule has 1 atom stereocenters. The van der Waals surface area contributed by atoms with E-state index in [1.54, 1.807) is 18.3 Å². The molecular formula is C15H22N4O2. The molecule has 0 bridgehead atoms. The average molecular weight is 290 g/mol. The molecule has 21 heavy (non-hydrogen) atoms. The molecule has 1 aromatic heterocycles. The molecule has 1 unspecified atom stereocenters. The lowest BCUT2D eigenvalue weighted by Crippen LogP contribution is -2.50. The van der Waals surface area contributed by atoms with Crippen LogP contribution < -0.4 is 10.1 Å². The van der Waals surface area contributed by atoms with Crippen molar-refractivity contribution >= 4 is 6.03 Å². The van der Waals surface area contributed by atoms with E-state index < -0.39 is 0 Å². The Kier molecular flexibility index (Phi) is 4.52. The van der Waals surface area contributed by atoms with Gasteiger partial charge in [-0.2, -0.15) is 5.10 Å². The first kappa shape index (κ1) is 14.1. The number of carbonyl (C=O) groups is 1. The summed E-state index contributed by atoms with van der Waals surface area (Å²) in [7, 11) is 0. The third-order valence-corrected chi connectivity index (χ3v) is 4.18. The highest BCUT2D eigenvalue weighted by atomic mass is 16.5. The number of nitrogens with one attached hydrogen (secondary N) is 1. The monoisotopic (exact) mass is 290 g/mol. The van der Waals surface area contributed by atoms with Gasteiger partial charge in [0.05, 0.1) is 6.54 Å². The SMILES string of the molecule is O=C(NC1CCCC1)N1CCCC(Oc2cccnn2)C1. The van der Waals surface area contributed by atoms with Gasteiger partial charge in [-0.1, -0.05) is 12.8 Å². The van der Waals surface area contributed by atoms with Gasteiger partial charge in [0.25, 0.3) is 0 Å². The van der Waals surface area contributed by atoms with Crippen molar-refractivity contribution in [3.8, 4) is 5.88 Å². The van der Waals surface area contributed by atoms with Crippen molar-refractivity contribution in [1.29, 1.82) is 0 Å². The summed E-state index contributed by atoms with van der Waals surface area (Å²) in [6.45, 7) is 1.42.